The average molecular weight is 420 g/mol. The number of furan rings is 1. The summed E-state index contributed by atoms with van der Waals surface area (Å²) in [6, 6.07) is 8.58. The first-order valence-corrected chi connectivity index (χ1v) is 10.8. The van der Waals surface area contributed by atoms with Crippen molar-refractivity contribution in [1.29, 1.82) is 0 Å². The first-order chi connectivity index (χ1) is 13.4. The smallest absolute Gasteiger partial charge is 0.269 e. The molecule has 28 heavy (non-hydrogen) atoms. The van der Waals surface area contributed by atoms with Gasteiger partial charge in [0.15, 0.2) is 10.8 Å². The Labute approximate surface area is 164 Å². The molecule has 0 bridgehead atoms. The lowest BCUT2D eigenvalue weighted by atomic mass is 9.99. The lowest BCUT2D eigenvalue weighted by Gasteiger charge is -2.30. The van der Waals surface area contributed by atoms with Crippen molar-refractivity contribution in [1.82, 2.24) is 14.5 Å². The fourth-order valence-electron chi connectivity index (χ4n) is 3.13. The molecule has 146 valence electrons. The van der Waals surface area contributed by atoms with Gasteiger partial charge in [0.25, 0.3) is 5.69 Å². The molecule has 0 atom stereocenters. The zero-order chi connectivity index (χ0) is 19.7. The fraction of sp³-hybridized carbons (Fsp3) is 0.294. The number of nitrogens with zero attached hydrogens (tertiary/aromatic N) is 4. The van der Waals surface area contributed by atoms with Crippen LogP contribution in [0.3, 0.4) is 0 Å². The van der Waals surface area contributed by atoms with Gasteiger partial charge in [-0.15, -0.1) is 10.2 Å². The van der Waals surface area contributed by atoms with E-state index in [9.17, 15) is 18.5 Å². The summed E-state index contributed by atoms with van der Waals surface area (Å²) < 4.78 is 32.3. The number of hydrogen-bond acceptors (Lipinski definition) is 8. The van der Waals surface area contributed by atoms with Gasteiger partial charge in [0.05, 0.1) is 16.1 Å². The zero-order valence-corrected chi connectivity index (χ0v) is 16.2. The number of nitro groups is 1. The second-order valence-electron chi connectivity index (χ2n) is 6.35. The van der Waals surface area contributed by atoms with E-state index in [1.165, 1.54) is 39.9 Å². The van der Waals surface area contributed by atoms with Crippen LogP contribution in [0.5, 0.6) is 0 Å². The molecule has 1 fully saturated rings. The summed E-state index contributed by atoms with van der Waals surface area (Å²) in [5, 5.41) is 20.7. The quantitative estimate of drug-likeness (QED) is 0.459. The van der Waals surface area contributed by atoms with Crippen LogP contribution in [0.2, 0.25) is 0 Å². The molecular weight excluding hydrogens is 404 g/mol. The Morgan fingerprint density at radius 1 is 1.14 bits per heavy atom. The maximum atomic E-state index is 12.8. The molecule has 0 spiro atoms. The van der Waals surface area contributed by atoms with E-state index in [0.717, 1.165) is 5.01 Å². The predicted octanol–water partition coefficient (Wildman–Crippen LogP) is 3.27. The molecule has 3 aromatic rings. The number of sulfonamides is 1. The van der Waals surface area contributed by atoms with E-state index < -0.39 is 14.9 Å². The van der Waals surface area contributed by atoms with Crippen molar-refractivity contribution in [3.63, 3.8) is 0 Å². The molecule has 3 heterocycles. The summed E-state index contributed by atoms with van der Waals surface area (Å²) >= 11 is 1.46. The van der Waals surface area contributed by atoms with Gasteiger partial charge in [-0.2, -0.15) is 4.31 Å². The van der Waals surface area contributed by atoms with Crippen LogP contribution in [-0.4, -0.2) is 40.9 Å². The molecule has 11 heteroatoms. The van der Waals surface area contributed by atoms with Crippen molar-refractivity contribution >= 4 is 27.0 Å². The first kappa shape index (κ1) is 18.7. The van der Waals surface area contributed by atoms with Gasteiger partial charge in [0.2, 0.25) is 10.0 Å². The van der Waals surface area contributed by atoms with Crippen molar-refractivity contribution in [3.05, 3.63) is 57.8 Å². The van der Waals surface area contributed by atoms with E-state index in [2.05, 4.69) is 10.2 Å². The summed E-state index contributed by atoms with van der Waals surface area (Å²) in [6.45, 7) is 0.722. The number of aromatic nitrogens is 2. The van der Waals surface area contributed by atoms with Crippen LogP contribution in [-0.2, 0) is 10.0 Å². The standard InChI is InChI=1S/C17H16N4O5S2/c22-21(23)13-3-5-14(6-4-13)28(24,25)20-9-7-12(8-10-20)16-18-19-17(27-16)15-2-1-11-26-15/h1-6,11-12H,7-10H2. The molecule has 0 saturated carbocycles. The fourth-order valence-corrected chi connectivity index (χ4v) is 5.58. The van der Waals surface area contributed by atoms with Gasteiger partial charge in [0, 0.05) is 31.1 Å². The van der Waals surface area contributed by atoms with Gasteiger partial charge >= 0.3 is 0 Å². The zero-order valence-electron chi connectivity index (χ0n) is 14.6. The largest absolute Gasteiger partial charge is 0.462 e. The molecule has 2 aromatic heterocycles. The van der Waals surface area contributed by atoms with Crippen molar-refractivity contribution in [3.8, 4) is 10.8 Å². The monoisotopic (exact) mass is 420 g/mol. The van der Waals surface area contributed by atoms with E-state index in [1.807, 2.05) is 6.07 Å². The molecule has 1 saturated heterocycles. The summed E-state index contributed by atoms with van der Waals surface area (Å²) in [5.74, 6) is 0.812. The Morgan fingerprint density at radius 2 is 1.86 bits per heavy atom. The minimum atomic E-state index is -3.68. The molecule has 1 aliphatic rings. The van der Waals surface area contributed by atoms with E-state index >= 15 is 0 Å². The van der Waals surface area contributed by atoms with Crippen LogP contribution in [0, 0.1) is 10.1 Å². The van der Waals surface area contributed by atoms with Crippen LogP contribution < -0.4 is 0 Å². The summed E-state index contributed by atoms with van der Waals surface area (Å²) in [4.78, 5) is 10.2. The SMILES string of the molecule is O=[N+]([O-])c1ccc(S(=O)(=O)N2CCC(c3nnc(-c4ccco4)s3)CC2)cc1. The van der Waals surface area contributed by atoms with Gasteiger partial charge in [0.1, 0.15) is 5.01 Å². The molecular formula is C17H16N4O5S2. The third kappa shape index (κ3) is 3.55. The molecule has 0 radical (unpaired) electrons. The molecule has 0 amide bonds. The highest BCUT2D eigenvalue weighted by Gasteiger charge is 2.31. The highest BCUT2D eigenvalue weighted by Crippen LogP contribution is 2.35. The van der Waals surface area contributed by atoms with Gasteiger partial charge in [-0.25, -0.2) is 8.42 Å². The first-order valence-electron chi connectivity index (χ1n) is 8.57. The molecule has 0 aliphatic carbocycles. The maximum Gasteiger partial charge on any atom is 0.269 e. The summed E-state index contributed by atoms with van der Waals surface area (Å²) in [6.07, 6.45) is 2.86. The Morgan fingerprint density at radius 3 is 2.46 bits per heavy atom. The van der Waals surface area contributed by atoms with Gasteiger partial charge in [-0.05, 0) is 37.1 Å². The van der Waals surface area contributed by atoms with Crippen LogP contribution >= 0.6 is 11.3 Å². The average Bonchev–Trinajstić information content (AvgIpc) is 3.40. The van der Waals surface area contributed by atoms with E-state index in [4.69, 9.17) is 4.42 Å². The van der Waals surface area contributed by atoms with Crippen LogP contribution in [0.1, 0.15) is 23.8 Å². The van der Waals surface area contributed by atoms with Crippen molar-refractivity contribution < 1.29 is 17.8 Å². The van der Waals surface area contributed by atoms with Crippen molar-refractivity contribution in [2.75, 3.05) is 13.1 Å². The lowest BCUT2D eigenvalue weighted by molar-refractivity contribution is -0.384. The molecule has 0 unspecified atom stereocenters. The molecule has 4 rings (SSSR count). The minimum Gasteiger partial charge on any atom is -0.462 e. The third-order valence-electron chi connectivity index (χ3n) is 4.66. The highest BCUT2D eigenvalue weighted by atomic mass is 32.2. The number of nitro benzene ring substituents is 1. The molecule has 1 aromatic carbocycles. The number of rotatable bonds is 5. The Hall–Kier alpha value is -2.63. The van der Waals surface area contributed by atoms with Crippen molar-refractivity contribution in [2.45, 2.75) is 23.7 Å². The van der Waals surface area contributed by atoms with E-state index in [1.54, 1.807) is 12.3 Å². The Bertz CT molecular complexity index is 1070. The number of benzene rings is 1. The predicted molar refractivity (Wildman–Crippen MR) is 101 cm³/mol. The minimum absolute atomic E-state index is 0.0626. The normalized spacial score (nSPS) is 16.3. The van der Waals surface area contributed by atoms with Gasteiger partial charge in [-0.3, -0.25) is 10.1 Å². The number of non-ortho nitro benzene ring substituents is 1. The summed E-state index contributed by atoms with van der Waals surface area (Å²) in [5.41, 5.74) is -0.138. The van der Waals surface area contributed by atoms with Crippen LogP contribution in [0.25, 0.3) is 10.8 Å². The van der Waals surface area contributed by atoms with Gasteiger partial charge < -0.3 is 4.42 Å². The molecule has 9 nitrogen and oxygen atoms in total. The highest BCUT2D eigenvalue weighted by molar-refractivity contribution is 7.89. The van der Waals surface area contributed by atoms with Gasteiger partial charge in [-0.1, -0.05) is 11.3 Å². The van der Waals surface area contributed by atoms with Crippen LogP contribution in [0.4, 0.5) is 5.69 Å². The third-order valence-corrected chi connectivity index (χ3v) is 7.67. The van der Waals surface area contributed by atoms with E-state index in [-0.39, 0.29) is 16.5 Å². The Kier molecular flexibility index (Phi) is 4.96. The topological polar surface area (TPSA) is 119 Å². The Balaban J connectivity index is 1.44. The number of hydrogen-bond donors (Lipinski definition) is 0. The van der Waals surface area contributed by atoms with Crippen LogP contribution in [0.15, 0.2) is 52.0 Å². The maximum absolute atomic E-state index is 12.8. The van der Waals surface area contributed by atoms with E-state index in [0.29, 0.717) is 36.7 Å². The second kappa shape index (κ2) is 7.41. The second-order valence-corrected chi connectivity index (χ2v) is 9.30. The number of piperidine rings is 1. The molecule has 0 N–H and O–H groups in total. The summed E-state index contributed by atoms with van der Waals surface area (Å²) in [7, 11) is -3.68. The molecule has 1 aliphatic heterocycles. The van der Waals surface area contributed by atoms with Crippen molar-refractivity contribution in [2.24, 2.45) is 0 Å². The lowest BCUT2D eigenvalue weighted by Crippen LogP contribution is -2.37.